The van der Waals surface area contributed by atoms with Gasteiger partial charge in [-0.25, -0.2) is 9.97 Å². The number of anilines is 1. The maximum absolute atomic E-state index is 5.69. The largest absolute Gasteiger partial charge is 0.383 e. The van der Waals surface area contributed by atoms with Gasteiger partial charge in [-0.1, -0.05) is 28.7 Å². The number of nitrogens with zero attached hydrogens (tertiary/aromatic N) is 2. The van der Waals surface area contributed by atoms with Gasteiger partial charge in [-0.3, -0.25) is 0 Å². The van der Waals surface area contributed by atoms with Crippen molar-refractivity contribution in [3.05, 3.63) is 30.2 Å². The number of aryl methyl sites for hydroxylation is 1. The number of allylic oxidation sites excluding steroid dienone is 1. The Morgan fingerprint density at radius 3 is 2.92 bits per heavy atom. The van der Waals surface area contributed by atoms with Crippen LogP contribution in [-0.2, 0) is 0 Å². The average molecular weight is 275 g/mol. The molecule has 0 amide bonds. The fourth-order valence-electron chi connectivity index (χ4n) is 0.836. The summed E-state index contributed by atoms with van der Waals surface area (Å²) in [6, 6.07) is 0. The molecule has 12 heavy (non-hydrogen) atoms. The van der Waals surface area contributed by atoms with E-state index in [1.54, 1.807) is 6.20 Å². The first-order chi connectivity index (χ1) is 5.65. The standard InChI is InChI=1S/C8H10IN3/c1-3-7(9)6-4-11-5(2)12-8(6)10/h3-4,7H,1H2,2H3,(H2,10,11,12). The second-order valence-corrected chi connectivity index (χ2v) is 3.74. The molecule has 0 spiro atoms. The molecule has 1 rings (SSSR count). The van der Waals surface area contributed by atoms with Crippen LogP contribution in [-0.4, -0.2) is 9.97 Å². The lowest BCUT2D eigenvalue weighted by Gasteiger charge is -2.06. The maximum Gasteiger partial charge on any atom is 0.131 e. The van der Waals surface area contributed by atoms with Crippen LogP contribution >= 0.6 is 22.6 Å². The molecule has 1 aromatic rings. The molecule has 1 aromatic heterocycles. The minimum atomic E-state index is 0.184. The highest BCUT2D eigenvalue weighted by molar-refractivity contribution is 14.1. The molecule has 4 heteroatoms. The smallest absolute Gasteiger partial charge is 0.131 e. The molecule has 1 heterocycles. The zero-order valence-corrected chi connectivity index (χ0v) is 8.95. The summed E-state index contributed by atoms with van der Waals surface area (Å²) < 4.78 is 0.184. The highest BCUT2D eigenvalue weighted by Crippen LogP contribution is 2.26. The minimum Gasteiger partial charge on any atom is -0.383 e. The van der Waals surface area contributed by atoms with E-state index in [2.05, 4.69) is 39.1 Å². The predicted molar refractivity (Wildman–Crippen MR) is 58.1 cm³/mol. The maximum atomic E-state index is 5.69. The predicted octanol–water partition coefficient (Wildman–Crippen LogP) is 2.03. The number of alkyl halides is 1. The topological polar surface area (TPSA) is 51.8 Å². The molecular weight excluding hydrogens is 265 g/mol. The minimum absolute atomic E-state index is 0.184. The number of aromatic nitrogens is 2. The SMILES string of the molecule is C=CC(I)c1cnc(C)nc1N. The first-order valence-electron chi connectivity index (χ1n) is 3.50. The summed E-state index contributed by atoms with van der Waals surface area (Å²) >= 11 is 2.23. The van der Waals surface area contributed by atoms with Crippen LogP contribution in [0, 0.1) is 6.92 Å². The van der Waals surface area contributed by atoms with Gasteiger partial charge in [-0.15, -0.1) is 6.58 Å². The number of nitrogens with two attached hydrogens (primary N) is 1. The van der Waals surface area contributed by atoms with Gasteiger partial charge in [0.2, 0.25) is 0 Å². The molecular formula is C8H10IN3. The third-order valence-electron chi connectivity index (χ3n) is 1.47. The van der Waals surface area contributed by atoms with Gasteiger partial charge in [0.1, 0.15) is 11.6 Å². The quantitative estimate of drug-likeness (QED) is 0.510. The van der Waals surface area contributed by atoms with Crippen molar-refractivity contribution in [2.24, 2.45) is 0 Å². The fourth-order valence-corrected chi connectivity index (χ4v) is 1.32. The molecule has 64 valence electrons. The van der Waals surface area contributed by atoms with Crippen molar-refractivity contribution in [2.75, 3.05) is 5.73 Å². The Balaban J connectivity index is 3.09. The molecule has 0 aliphatic rings. The van der Waals surface area contributed by atoms with Crippen LogP contribution in [0.15, 0.2) is 18.9 Å². The number of rotatable bonds is 2. The molecule has 1 atom stereocenters. The summed E-state index contributed by atoms with van der Waals surface area (Å²) in [6.07, 6.45) is 3.56. The molecule has 0 saturated carbocycles. The second-order valence-electron chi connectivity index (χ2n) is 2.40. The van der Waals surface area contributed by atoms with Gasteiger partial charge in [-0.2, -0.15) is 0 Å². The van der Waals surface area contributed by atoms with Gasteiger partial charge in [0, 0.05) is 11.8 Å². The first kappa shape index (κ1) is 9.44. The Morgan fingerprint density at radius 2 is 2.42 bits per heavy atom. The molecule has 2 N–H and O–H groups in total. The zero-order valence-electron chi connectivity index (χ0n) is 6.79. The van der Waals surface area contributed by atoms with E-state index in [0.717, 1.165) is 5.56 Å². The fraction of sp³-hybridized carbons (Fsp3) is 0.250. The van der Waals surface area contributed by atoms with E-state index in [1.165, 1.54) is 0 Å². The van der Waals surface area contributed by atoms with Crippen molar-refractivity contribution in [1.82, 2.24) is 9.97 Å². The molecule has 0 saturated heterocycles. The van der Waals surface area contributed by atoms with E-state index in [4.69, 9.17) is 5.73 Å². The van der Waals surface area contributed by atoms with Crippen LogP contribution in [0.4, 0.5) is 5.82 Å². The van der Waals surface area contributed by atoms with Crippen LogP contribution in [0.5, 0.6) is 0 Å². The monoisotopic (exact) mass is 275 g/mol. The van der Waals surface area contributed by atoms with Crippen LogP contribution in [0.2, 0.25) is 0 Å². The number of nitrogen functional groups attached to an aromatic ring is 1. The lowest BCUT2D eigenvalue weighted by atomic mass is 10.2. The molecule has 0 radical (unpaired) electrons. The zero-order chi connectivity index (χ0) is 9.14. The van der Waals surface area contributed by atoms with Crippen molar-refractivity contribution in [3.8, 4) is 0 Å². The molecule has 0 aliphatic heterocycles. The van der Waals surface area contributed by atoms with E-state index in [1.807, 2.05) is 13.0 Å². The van der Waals surface area contributed by atoms with E-state index < -0.39 is 0 Å². The Bertz CT molecular complexity index is 298. The molecule has 3 nitrogen and oxygen atoms in total. The molecule has 1 unspecified atom stereocenters. The second kappa shape index (κ2) is 3.84. The Morgan fingerprint density at radius 1 is 1.75 bits per heavy atom. The van der Waals surface area contributed by atoms with Gasteiger partial charge >= 0.3 is 0 Å². The van der Waals surface area contributed by atoms with E-state index >= 15 is 0 Å². The summed E-state index contributed by atoms with van der Waals surface area (Å²) in [5.74, 6) is 1.24. The number of hydrogen-bond acceptors (Lipinski definition) is 3. The van der Waals surface area contributed by atoms with Gasteiger partial charge in [0.15, 0.2) is 0 Å². The van der Waals surface area contributed by atoms with Crippen LogP contribution in [0.25, 0.3) is 0 Å². The molecule has 0 aromatic carbocycles. The third kappa shape index (κ3) is 1.94. The van der Waals surface area contributed by atoms with Crippen molar-refractivity contribution in [1.29, 1.82) is 0 Å². The summed E-state index contributed by atoms with van der Waals surface area (Å²) in [7, 11) is 0. The molecule has 0 fully saturated rings. The number of hydrogen-bond donors (Lipinski definition) is 1. The molecule has 0 bridgehead atoms. The van der Waals surface area contributed by atoms with Gasteiger partial charge in [-0.05, 0) is 6.92 Å². The van der Waals surface area contributed by atoms with Crippen LogP contribution in [0.3, 0.4) is 0 Å². The highest BCUT2D eigenvalue weighted by Gasteiger charge is 2.08. The van der Waals surface area contributed by atoms with Crippen molar-refractivity contribution in [3.63, 3.8) is 0 Å². The average Bonchev–Trinajstić information content (AvgIpc) is 2.03. The lowest BCUT2D eigenvalue weighted by molar-refractivity contribution is 1.02. The van der Waals surface area contributed by atoms with Crippen LogP contribution < -0.4 is 5.73 Å². The summed E-state index contributed by atoms with van der Waals surface area (Å²) in [5.41, 5.74) is 6.62. The normalized spacial score (nSPS) is 12.5. The van der Waals surface area contributed by atoms with Gasteiger partial charge in [0.25, 0.3) is 0 Å². The van der Waals surface area contributed by atoms with E-state index in [0.29, 0.717) is 11.6 Å². The van der Waals surface area contributed by atoms with Gasteiger partial charge in [0.05, 0.1) is 3.92 Å². The number of halogens is 1. The Hall–Kier alpha value is -0.650. The van der Waals surface area contributed by atoms with E-state index in [9.17, 15) is 0 Å². The highest BCUT2D eigenvalue weighted by atomic mass is 127. The van der Waals surface area contributed by atoms with E-state index in [-0.39, 0.29) is 3.92 Å². The summed E-state index contributed by atoms with van der Waals surface area (Å²) in [6.45, 7) is 5.50. The summed E-state index contributed by atoms with van der Waals surface area (Å²) in [4.78, 5) is 8.12. The lowest BCUT2D eigenvalue weighted by Crippen LogP contribution is -2.01. The summed E-state index contributed by atoms with van der Waals surface area (Å²) in [5, 5.41) is 0. The Kier molecular flexibility index (Phi) is 3.02. The third-order valence-corrected chi connectivity index (χ3v) is 2.65. The van der Waals surface area contributed by atoms with Gasteiger partial charge < -0.3 is 5.73 Å². The van der Waals surface area contributed by atoms with Crippen LogP contribution in [0.1, 0.15) is 15.3 Å². The van der Waals surface area contributed by atoms with Crippen molar-refractivity contribution < 1.29 is 0 Å². The Labute approximate surface area is 85.2 Å². The first-order valence-corrected chi connectivity index (χ1v) is 4.75. The van der Waals surface area contributed by atoms with Crippen molar-refractivity contribution >= 4 is 28.4 Å². The van der Waals surface area contributed by atoms with Crippen molar-refractivity contribution in [2.45, 2.75) is 10.8 Å². The molecule has 0 aliphatic carbocycles.